The van der Waals surface area contributed by atoms with Crippen LogP contribution < -0.4 is 5.32 Å². The van der Waals surface area contributed by atoms with Crippen molar-refractivity contribution in [3.05, 3.63) is 78.1 Å². The maximum Gasteiger partial charge on any atom is 0.0991 e. The van der Waals surface area contributed by atoms with Crippen LogP contribution in [-0.2, 0) is 13.1 Å². The summed E-state index contributed by atoms with van der Waals surface area (Å²) in [7, 11) is 0. The van der Waals surface area contributed by atoms with E-state index in [1.54, 1.807) is 12.5 Å². The zero-order chi connectivity index (χ0) is 14.5. The molecule has 1 N–H and O–H groups in total. The van der Waals surface area contributed by atoms with Gasteiger partial charge < -0.3 is 9.88 Å². The Kier molecular flexibility index (Phi) is 4.07. The van der Waals surface area contributed by atoms with Gasteiger partial charge in [0.05, 0.1) is 12.0 Å². The Morgan fingerprint density at radius 1 is 1.05 bits per heavy atom. The summed E-state index contributed by atoms with van der Waals surface area (Å²) in [5.41, 5.74) is 4.71. The molecule has 3 aromatic rings. The molecule has 0 saturated carbocycles. The monoisotopic (exact) mass is 278 g/mol. The number of pyridine rings is 1. The van der Waals surface area contributed by atoms with Gasteiger partial charge in [0.1, 0.15) is 0 Å². The first kappa shape index (κ1) is 13.5. The Balaban J connectivity index is 1.58. The molecule has 2 aromatic heterocycles. The summed E-state index contributed by atoms with van der Waals surface area (Å²) in [5, 5.41) is 3.43. The van der Waals surface area contributed by atoms with Crippen LogP contribution in [-0.4, -0.2) is 14.5 Å². The zero-order valence-electron chi connectivity index (χ0n) is 12.0. The quantitative estimate of drug-likeness (QED) is 0.780. The van der Waals surface area contributed by atoms with Gasteiger partial charge in [-0.1, -0.05) is 18.2 Å². The van der Waals surface area contributed by atoms with E-state index in [1.807, 2.05) is 23.0 Å². The highest BCUT2D eigenvalue weighted by atomic mass is 15.0. The minimum absolute atomic E-state index is 0.788. The summed E-state index contributed by atoms with van der Waals surface area (Å²) in [4.78, 5) is 8.44. The largest absolute Gasteiger partial charge is 0.307 e. The van der Waals surface area contributed by atoms with E-state index in [-0.39, 0.29) is 0 Å². The van der Waals surface area contributed by atoms with Gasteiger partial charge in [0.25, 0.3) is 0 Å². The Bertz CT molecular complexity index is 687. The molecule has 0 bridgehead atoms. The van der Waals surface area contributed by atoms with Crippen molar-refractivity contribution in [2.24, 2.45) is 0 Å². The Hall–Kier alpha value is -2.46. The van der Waals surface area contributed by atoms with Crippen LogP contribution in [0.4, 0.5) is 0 Å². The van der Waals surface area contributed by atoms with Crippen molar-refractivity contribution < 1.29 is 0 Å². The number of imidazole rings is 1. The molecule has 3 rings (SSSR count). The molecule has 0 aliphatic heterocycles. The minimum atomic E-state index is 0.788. The van der Waals surface area contributed by atoms with Gasteiger partial charge in [-0.3, -0.25) is 4.98 Å². The lowest BCUT2D eigenvalue weighted by molar-refractivity contribution is 0.676. The lowest BCUT2D eigenvalue weighted by Crippen LogP contribution is -2.14. The van der Waals surface area contributed by atoms with Crippen LogP contribution >= 0.6 is 0 Å². The maximum absolute atomic E-state index is 4.38. The number of benzene rings is 1. The molecule has 0 aliphatic rings. The van der Waals surface area contributed by atoms with Crippen molar-refractivity contribution in [2.45, 2.75) is 20.0 Å². The molecule has 0 radical (unpaired) electrons. The third-order valence-corrected chi connectivity index (χ3v) is 3.48. The zero-order valence-corrected chi connectivity index (χ0v) is 12.0. The molecule has 0 aliphatic carbocycles. The molecule has 4 nitrogen and oxygen atoms in total. The van der Waals surface area contributed by atoms with Gasteiger partial charge in [-0.2, -0.15) is 0 Å². The summed E-state index contributed by atoms with van der Waals surface area (Å²) in [6.07, 6.45) is 7.36. The summed E-state index contributed by atoms with van der Waals surface area (Å²) < 4.78 is 1.99. The number of aryl methyl sites for hydroxylation is 1. The number of rotatable bonds is 5. The van der Waals surface area contributed by atoms with Gasteiger partial charge in [0.15, 0.2) is 0 Å². The highest BCUT2D eigenvalue weighted by Crippen LogP contribution is 2.09. The van der Waals surface area contributed by atoms with E-state index in [2.05, 4.69) is 52.5 Å². The van der Waals surface area contributed by atoms with Crippen LogP contribution in [0.1, 0.15) is 16.8 Å². The molecular weight excluding hydrogens is 260 g/mol. The van der Waals surface area contributed by atoms with Crippen molar-refractivity contribution in [3.63, 3.8) is 0 Å². The SMILES string of the molecule is Cc1cccnc1CNCc1ccc(-n2ccnc2)cc1. The lowest BCUT2D eigenvalue weighted by atomic mass is 10.2. The normalized spacial score (nSPS) is 10.7. The first-order valence-electron chi connectivity index (χ1n) is 7.01. The summed E-state index contributed by atoms with van der Waals surface area (Å²) in [5.74, 6) is 0. The van der Waals surface area contributed by atoms with E-state index >= 15 is 0 Å². The van der Waals surface area contributed by atoms with Crippen molar-refractivity contribution in [2.75, 3.05) is 0 Å². The van der Waals surface area contributed by atoms with Crippen molar-refractivity contribution in [1.82, 2.24) is 19.9 Å². The first-order chi connectivity index (χ1) is 10.3. The molecule has 0 atom stereocenters. The fraction of sp³-hybridized carbons (Fsp3) is 0.176. The number of aromatic nitrogens is 3. The van der Waals surface area contributed by atoms with E-state index in [0.717, 1.165) is 24.5 Å². The summed E-state index contributed by atoms with van der Waals surface area (Å²) in [6.45, 7) is 3.71. The van der Waals surface area contributed by atoms with Crippen LogP contribution in [0.5, 0.6) is 0 Å². The standard InChI is InChI=1S/C17H18N4/c1-14-3-2-8-20-17(14)12-19-11-15-4-6-16(7-5-15)21-10-9-18-13-21/h2-10,13,19H,11-12H2,1H3. The third-order valence-electron chi connectivity index (χ3n) is 3.48. The van der Waals surface area contributed by atoms with E-state index in [4.69, 9.17) is 0 Å². The Morgan fingerprint density at radius 3 is 2.62 bits per heavy atom. The second-order valence-corrected chi connectivity index (χ2v) is 5.01. The van der Waals surface area contributed by atoms with Crippen LogP contribution in [0.2, 0.25) is 0 Å². The van der Waals surface area contributed by atoms with Crippen LogP contribution in [0.25, 0.3) is 5.69 Å². The molecule has 4 heteroatoms. The van der Waals surface area contributed by atoms with Gasteiger partial charge in [-0.05, 0) is 36.2 Å². The highest BCUT2D eigenvalue weighted by Gasteiger charge is 1.99. The molecule has 0 spiro atoms. The number of nitrogens with one attached hydrogen (secondary N) is 1. The lowest BCUT2D eigenvalue weighted by Gasteiger charge is -2.08. The molecule has 21 heavy (non-hydrogen) atoms. The van der Waals surface area contributed by atoms with Gasteiger partial charge in [-0.15, -0.1) is 0 Å². The fourth-order valence-electron chi connectivity index (χ4n) is 2.23. The van der Waals surface area contributed by atoms with Gasteiger partial charge in [-0.25, -0.2) is 4.98 Å². The third kappa shape index (κ3) is 3.35. The van der Waals surface area contributed by atoms with Crippen LogP contribution in [0, 0.1) is 6.92 Å². The van der Waals surface area contributed by atoms with Gasteiger partial charge in [0, 0.05) is 37.4 Å². The molecule has 0 amide bonds. The Labute approximate surface area is 124 Å². The second kappa shape index (κ2) is 6.33. The molecule has 1 aromatic carbocycles. The Morgan fingerprint density at radius 2 is 1.90 bits per heavy atom. The van der Waals surface area contributed by atoms with Crippen LogP contribution in [0.15, 0.2) is 61.3 Å². The highest BCUT2D eigenvalue weighted by molar-refractivity contribution is 5.34. The minimum Gasteiger partial charge on any atom is -0.307 e. The first-order valence-corrected chi connectivity index (χ1v) is 7.01. The number of hydrogen-bond acceptors (Lipinski definition) is 3. The van der Waals surface area contributed by atoms with Crippen molar-refractivity contribution >= 4 is 0 Å². The smallest absolute Gasteiger partial charge is 0.0991 e. The van der Waals surface area contributed by atoms with E-state index in [9.17, 15) is 0 Å². The average molecular weight is 278 g/mol. The molecule has 0 unspecified atom stereocenters. The van der Waals surface area contributed by atoms with Crippen LogP contribution in [0.3, 0.4) is 0 Å². The predicted octanol–water partition coefficient (Wildman–Crippen LogP) is 2.87. The van der Waals surface area contributed by atoms with E-state index in [0.29, 0.717) is 0 Å². The predicted molar refractivity (Wildman–Crippen MR) is 83.1 cm³/mol. The topological polar surface area (TPSA) is 42.7 Å². The van der Waals surface area contributed by atoms with Gasteiger partial charge in [0.2, 0.25) is 0 Å². The molecular formula is C17H18N4. The van der Waals surface area contributed by atoms with Crippen molar-refractivity contribution in [1.29, 1.82) is 0 Å². The number of hydrogen-bond donors (Lipinski definition) is 1. The molecule has 2 heterocycles. The average Bonchev–Trinajstić information content (AvgIpc) is 3.04. The van der Waals surface area contributed by atoms with Gasteiger partial charge >= 0.3 is 0 Å². The fourth-order valence-corrected chi connectivity index (χ4v) is 2.23. The van der Waals surface area contributed by atoms with Crippen molar-refractivity contribution in [3.8, 4) is 5.69 Å². The summed E-state index contributed by atoms with van der Waals surface area (Å²) in [6, 6.07) is 12.5. The van der Waals surface area contributed by atoms with E-state index < -0.39 is 0 Å². The summed E-state index contributed by atoms with van der Waals surface area (Å²) >= 11 is 0. The number of nitrogens with zero attached hydrogens (tertiary/aromatic N) is 3. The maximum atomic E-state index is 4.38. The molecule has 0 saturated heterocycles. The molecule has 0 fully saturated rings. The molecule has 106 valence electrons. The second-order valence-electron chi connectivity index (χ2n) is 5.01. The van der Waals surface area contributed by atoms with E-state index in [1.165, 1.54) is 11.1 Å².